The number of rotatable bonds is 6. The third-order valence-corrected chi connectivity index (χ3v) is 3.52. The van der Waals surface area contributed by atoms with Gasteiger partial charge in [0.15, 0.2) is 5.03 Å². The maximum absolute atomic E-state index is 11.7. The highest BCUT2D eigenvalue weighted by atomic mass is 32.2. The molecule has 98 valence electrons. The zero-order chi connectivity index (χ0) is 13.1. The minimum atomic E-state index is -3.73. The van der Waals surface area contributed by atoms with Crippen LogP contribution in [0.1, 0.15) is 19.7 Å². The van der Waals surface area contributed by atoms with Crippen molar-refractivity contribution >= 4 is 10.0 Å². The van der Waals surface area contributed by atoms with Crippen LogP contribution in [0.5, 0.6) is 0 Å². The fourth-order valence-electron chi connectivity index (χ4n) is 1.04. The van der Waals surface area contributed by atoms with E-state index in [9.17, 15) is 13.5 Å². The number of imidazole rings is 1. The summed E-state index contributed by atoms with van der Waals surface area (Å²) in [7, 11) is -3.73. The van der Waals surface area contributed by atoms with Crippen LogP contribution in [-0.4, -0.2) is 47.4 Å². The second-order valence-electron chi connectivity index (χ2n) is 4.03. The Morgan fingerprint density at radius 1 is 1.59 bits per heavy atom. The van der Waals surface area contributed by atoms with Crippen LogP contribution in [0.25, 0.3) is 0 Å². The maximum atomic E-state index is 11.7. The lowest BCUT2D eigenvalue weighted by molar-refractivity contribution is 0.00680. The Balaban J connectivity index is 2.76. The second-order valence-corrected chi connectivity index (χ2v) is 5.76. The Kier molecular flexibility index (Phi) is 4.26. The molecule has 0 saturated carbocycles. The third-order valence-electron chi connectivity index (χ3n) is 2.21. The summed E-state index contributed by atoms with van der Waals surface area (Å²) in [5.41, 5.74) is -1.49. The molecule has 0 bridgehead atoms. The van der Waals surface area contributed by atoms with Gasteiger partial charge in [-0.3, -0.25) is 0 Å². The predicted molar refractivity (Wildman–Crippen MR) is 60.9 cm³/mol. The van der Waals surface area contributed by atoms with Crippen LogP contribution in [0.2, 0.25) is 0 Å². The number of aromatic nitrogens is 2. The molecule has 0 fully saturated rings. The minimum absolute atomic E-state index is 0.0527. The van der Waals surface area contributed by atoms with Gasteiger partial charge in [-0.2, -0.15) is 0 Å². The van der Waals surface area contributed by atoms with Gasteiger partial charge in [0.25, 0.3) is 10.0 Å². The summed E-state index contributed by atoms with van der Waals surface area (Å²) in [5.74, 6) is 0.569. The van der Waals surface area contributed by atoms with Crippen molar-refractivity contribution < 1.29 is 18.6 Å². The molecule has 0 aromatic carbocycles. The molecule has 0 radical (unpaired) electrons. The van der Waals surface area contributed by atoms with Gasteiger partial charge in [-0.25, -0.2) is 18.1 Å². The highest BCUT2D eigenvalue weighted by molar-refractivity contribution is 7.89. The molecule has 0 saturated heterocycles. The molecule has 4 N–H and O–H groups in total. The summed E-state index contributed by atoms with van der Waals surface area (Å²) < 4.78 is 25.7. The molecule has 0 aliphatic rings. The van der Waals surface area contributed by atoms with E-state index in [2.05, 4.69) is 14.7 Å². The Bertz CT molecular complexity index is 466. The van der Waals surface area contributed by atoms with Crippen LogP contribution in [0, 0.1) is 0 Å². The molecule has 7 nitrogen and oxygen atoms in total. The van der Waals surface area contributed by atoms with E-state index in [1.807, 2.05) is 6.92 Å². The van der Waals surface area contributed by atoms with Gasteiger partial charge in [0.05, 0.1) is 18.4 Å². The first-order valence-electron chi connectivity index (χ1n) is 5.17. The van der Waals surface area contributed by atoms with E-state index in [-0.39, 0.29) is 11.6 Å². The molecule has 0 amide bonds. The van der Waals surface area contributed by atoms with Gasteiger partial charge in [0, 0.05) is 13.0 Å². The lowest BCUT2D eigenvalue weighted by Gasteiger charge is -2.20. The SMILES string of the molecule is CCc1ncc(S(=O)(=O)NCC(C)(O)CO)[nH]1. The van der Waals surface area contributed by atoms with E-state index in [1.54, 1.807) is 0 Å². The van der Waals surface area contributed by atoms with E-state index in [4.69, 9.17) is 5.11 Å². The van der Waals surface area contributed by atoms with Crippen LogP contribution >= 0.6 is 0 Å². The standard InChI is InChI=1S/C9H17N3O4S/c1-3-7-10-4-8(12-7)17(15,16)11-5-9(2,14)6-13/h4,11,13-14H,3,5-6H2,1-2H3,(H,10,12). The van der Waals surface area contributed by atoms with Crippen LogP contribution in [-0.2, 0) is 16.4 Å². The largest absolute Gasteiger partial charge is 0.393 e. The van der Waals surface area contributed by atoms with Crippen LogP contribution < -0.4 is 4.72 Å². The zero-order valence-electron chi connectivity index (χ0n) is 9.77. The first-order valence-corrected chi connectivity index (χ1v) is 6.66. The van der Waals surface area contributed by atoms with Crippen molar-refractivity contribution in [3.8, 4) is 0 Å². The van der Waals surface area contributed by atoms with Crippen molar-refractivity contribution in [2.24, 2.45) is 0 Å². The quantitative estimate of drug-likeness (QED) is 0.525. The van der Waals surface area contributed by atoms with Gasteiger partial charge in [0.2, 0.25) is 0 Å². The fourth-order valence-corrected chi connectivity index (χ4v) is 2.14. The van der Waals surface area contributed by atoms with Crippen molar-refractivity contribution in [1.82, 2.24) is 14.7 Å². The molecular weight excluding hydrogens is 246 g/mol. The number of H-pyrrole nitrogens is 1. The molecule has 17 heavy (non-hydrogen) atoms. The average molecular weight is 263 g/mol. The molecule has 1 aromatic rings. The highest BCUT2D eigenvalue weighted by Crippen LogP contribution is 2.07. The fraction of sp³-hybridized carbons (Fsp3) is 0.667. The number of aliphatic hydroxyl groups is 2. The Morgan fingerprint density at radius 2 is 2.24 bits per heavy atom. The Hall–Kier alpha value is -0.960. The van der Waals surface area contributed by atoms with E-state index < -0.39 is 22.2 Å². The van der Waals surface area contributed by atoms with Crippen molar-refractivity contribution in [1.29, 1.82) is 0 Å². The highest BCUT2D eigenvalue weighted by Gasteiger charge is 2.24. The molecule has 1 rings (SSSR count). The topological polar surface area (TPSA) is 115 Å². The molecule has 0 spiro atoms. The van der Waals surface area contributed by atoms with E-state index in [1.165, 1.54) is 13.1 Å². The number of sulfonamides is 1. The van der Waals surface area contributed by atoms with Gasteiger partial charge in [-0.05, 0) is 6.92 Å². The van der Waals surface area contributed by atoms with Gasteiger partial charge in [0.1, 0.15) is 5.82 Å². The summed E-state index contributed by atoms with van der Waals surface area (Å²) >= 11 is 0. The smallest absolute Gasteiger partial charge is 0.257 e. The van der Waals surface area contributed by atoms with Crippen molar-refractivity contribution in [2.75, 3.05) is 13.2 Å². The number of aromatic amines is 1. The lowest BCUT2D eigenvalue weighted by Crippen LogP contribution is -2.43. The van der Waals surface area contributed by atoms with Crippen molar-refractivity contribution in [3.63, 3.8) is 0 Å². The average Bonchev–Trinajstić information content (AvgIpc) is 2.76. The summed E-state index contributed by atoms with van der Waals surface area (Å²) in [4.78, 5) is 6.53. The third kappa shape index (κ3) is 3.77. The number of hydrogen-bond donors (Lipinski definition) is 4. The molecule has 1 unspecified atom stereocenters. The van der Waals surface area contributed by atoms with Crippen molar-refractivity contribution in [3.05, 3.63) is 12.0 Å². The number of aryl methyl sites for hydroxylation is 1. The normalized spacial score (nSPS) is 15.8. The summed E-state index contributed by atoms with van der Waals surface area (Å²) in [5, 5.41) is 18.2. The van der Waals surface area contributed by atoms with Crippen LogP contribution in [0.3, 0.4) is 0 Å². The van der Waals surface area contributed by atoms with E-state index in [0.29, 0.717) is 12.2 Å². The molecule has 1 heterocycles. The molecule has 1 aromatic heterocycles. The number of nitrogens with zero attached hydrogens (tertiary/aromatic N) is 1. The molecular formula is C9H17N3O4S. The van der Waals surface area contributed by atoms with Crippen LogP contribution in [0.15, 0.2) is 11.2 Å². The van der Waals surface area contributed by atoms with Gasteiger partial charge >= 0.3 is 0 Å². The van der Waals surface area contributed by atoms with Gasteiger partial charge in [-0.1, -0.05) is 6.92 Å². The molecule has 0 aliphatic heterocycles. The first kappa shape index (κ1) is 14.1. The Morgan fingerprint density at radius 3 is 2.71 bits per heavy atom. The van der Waals surface area contributed by atoms with Gasteiger partial charge < -0.3 is 15.2 Å². The van der Waals surface area contributed by atoms with E-state index >= 15 is 0 Å². The summed E-state index contributed by atoms with van der Waals surface area (Å²) in [6.45, 7) is 2.38. The maximum Gasteiger partial charge on any atom is 0.257 e. The first-order chi connectivity index (χ1) is 7.80. The monoisotopic (exact) mass is 263 g/mol. The minimum Gasteiger partial charge on any atom is -0.393 e. The lowest BCUT2D eigenvalue weighted by atomic mass is 10.1. The molecule has 8 heteroatoms. The van der Waals surface area contributed by atoms with Crippen LogP contribution in [0.4, 0.5) is 0 Å². The second kappa shape index (κ2) is 5.13. The summed E-state index contributed by atoms with van der Waals surface area (Å²) in [6, 6.07) is 0. The molecule has 0 aliphatic carbocycles. The number of nitrogens with one attached hydrogen (secondary N) is 2. The number of aliphatic hydroxyl groups excluding tert-OH is 1. The Labute approximate surface area is 99.9 Å². The predicted octanol–water partition coefficient (Wildman–Crippen LogP) is -1.01. The van der Waals surface area contributed by atoms with Crippen molar-refractivity contribution in [2.45, 2.75) is 30.9 Å². The molecule has 1 atom stereocenters. The van der Waals surface area contributed by atoms with Gasteiger partial charge in [-0.15, -0.1) is 0 Å². The number of hydrogen-bond acceptors (Lipinski definition) is 5. The van der Waals surface area contributed by atoms with E-state index in [0.717, 1.165) is 0 Å². The summed E-state index contributed by atoms with van der Waals surface area (Å²) in [6.07, 6.45) is 1.82. The zero-order valence-corrected chi connectivity index (χ0v) is 10.6.